The molecule has 0 bridgehead atoms. The minimum Gasteiger partial charge on any atom is -0.478 e. The zero-order chi connectivity index (χ0) is 99.8. The number of hydrogen-bond acceptors (Lipinski definition) is 11. The van der Waals surface area contributed by atoms with Gasteiger partial charge in [0.15, 0.2) is 15.7 Å². The van der Waals surface area contributed by atoms with Crippen LogP contribution in [0.3, 0.4) is 0 Å². The van der Waals surface area contributed by atoms with Crippen molar-refractivity contribution < 1.29 is 38.1 Å². The third-order valence-corrected chi connectivity index (χ3v) is 49.2. The van der Waals surface area contributed by atoms with Gasteiger partial charge in [-0.1, -0.05) is 195 Å². The van der Waals surface area contributed by atoms with Gasteiger partial charge < -0.3 is 19.9 Å². The van der Waals surface area contributed by atoms with Gasteiger partial charge in [-0.2, -0.15) is 5.10 Å². The van der Waals surface area contributed by atoms with Crippen LogP contribution in [0.1, 0.15) is 357 Å². The maximum absolute atomic E-state index is 12.0. The molecule has 0 radical (unpaired) electrons. The van der Waals surface area contributed by atoms with Crippen LogP contribution in [0, 0.1) is 159 Å². The number of fused-ring (bicyclic) bond motifs is 21. The fourth-order valence-electron chi connectivity index (χ4n) is 40.5. The van der Waals surface area contributed by atoms with Crippen molar-refractivity contribution in [2.45, 2.75) is 315 Å². The molecule has 13 fully saturated rings. The molecule has 22 rings (SSSR count). The van der Waals surface area contributed by atoms with Crippen molar-refractivity contribution in [3.05, 3.63) is 191 Å². The Labute approximate surface area is 838 Å². The summed E-state index contributed by atoms with van der Waals surface area (Å²) in [5.41, 5.74) is 15.7. The molecule has 3 N–H and O–H groups in total. The van der Waals surface area contributed by atoms with Gasteiger partial charge in [0, 0.05) is 61.5 Å². The summed E-state index contributed by atoms with van der Waals surface area (Å²) in [6.07, 6.45) is 49.2. The molecule has 1 saturated heterocycles. The minimum atomic E-state index is -2.89. The Balaban J connectivity index is 0.000000130. The first-order valence-electron chi connectivity index (χ1n) is 54.9. The third-order valence-electron chi connectivity index (χ3n) is 47.6. The van der Waals surface area contributed by atoms with E-state index in [9.17, 15) is 38.1 Å². The summed E-state index contributed by atoms with van der Waals surface area (Å²) < 4.78 is 28.3. The normalized spacial score (nSPS) is 42.2. The summed E-state index contributed by atoms with van der Waals surface area (Å²) in [6, 6.07) is 22.8. The number of aryl methyl sites for hydroxylation is 1. The molecule has 17 heteroatoms. The molecular weight excluding hydrogens is 1750 g/mol. The summed E-state index contributed by atoms with van der Waals surface area (Å²) >= 11 is 0. The smallest absolute Gasteiger partial charge is 0.335 e. The van der Waals surface area contributed by atoms with Gasteiger partial charge in [-0.3, -0.25) is 14.6 Å². The van der Waals surface area contributed by atoms with Gasteiger partial charge in [0.2, 0.25) is 0 Å². The number of carboxylic acids is 3. The molecule has 0 spiro atoms. The van der Waals surface area contributed by atoms with Crippen molar-refractivity contribution in [2.24, 2.45) is 176 Å². The van der Waals surface area contributed by atoms with E-state index in [0.717, 1.165) is 57.6 Å². The summed E-state index contributed by atoms with van der Waals surface area (Å²) in [5, 5.41) is 33.7. The number of amidine groups is 1. The molecule has 15 aliphatic carbocycles. The number of aliphatic imine (C=N–C) groups is 2. The molecule has 754 valence electrons. The van der Waals surface area contributed by atoms with E-state index in [0.29, 0.717) is 140 Å². The highest BCUT2D eigenvalue weighted by Crippen LogP contribution is 2.83. The zero-order valence-electron chi connectivity index (χ0n) is 88.7. The van der Waals surface area contributed by atoms with Gasteiger partial charge in [0.25, 0.3) is 0 Å². The number of allylic oxidation sites excluding steroid dienone is 9. The van der Waals surface area contributed by atoms with Crippen molar-refractivity contribution in [1.82, 2.24) is 29.2 Å². The lowest BCUT2D eigenvalue weighted by Crippen LogP contribution is -2.65. The fraction of sp³-hybridized carbons (Fsp3) is 0.675. The number of carboxylic acid groups (broad SMARTS) is 3. The number of nitrogens with zero attached hydrogens (tertiary/aromatic N) is 8. The van der Waals surface area contributed by atoms with Crippen LogP contribution >= 0.6 is 0 Å². The van der Waals surface area contributed by atoms with Crippen molar-refractivity contribution in [1.29, 1.82) is 0 Å². The van der Waals surface area contributed by atoms with E-state index in [2.05, 4.69) is 185 Å². The van der Waals surface area contributed by atoms with Gasteiger partial charge in [-0.25, -0.2) is 37.8 Å². The van der Waals surface area contributed by atoms with Crippen molar-refractivity contribution >= 4 is 56.5 Å². The van der Waals surface area contributed by atoms with Crippen LogP contribution in [0.5, 0.6) is 0 Å². The number of sulfone groups is 1. The second-order valence-electron chi connectivity index (χ2n) is 53.5. The van der Waals surface area contributed by atoms with Gasteiger partial charge in [0.05, 0.1) is 41.3 Å². The molecular formula is C123H168N8O8S. The quantitative estimate of drug-likeness (QED) is 0.0833. The second-order valence-corrected chi connectivity index (χ2v) is 55.8. The molecule has 12 saturated carbocycles. The predicted molar refractivity (Wildman–Crippen MR) is 565 cm³/mol. The highest BCUT2D eigenvalue weighted by atomic mass is 32.2. The number of aromatic nitrogens is 5. The number of aromatic carboxylic acids is 3. The lowest BCUT2D eigenvalue weighted by Gasteiger charge is -2.72. The molecule has 140 heavy (non-hydrogen) atoms. The van der Waals surface area contributed by atoms with E-state index >= 15 is 0 Å². The highest BCUT2D eigenvalue weighted by molar-refractivity contribution is 7.91. The SMILES string of the molecule is C=C(C)[C@@H]1CC[C@]2(C3=NCC=N3)CC[C@]3(C)[C@H](CC[C@@H]4[C@@]5(C)CC=C(c6ccc(C(=O)O)cc6)C(C)(C)[C@@H]5CC[C@]43C)[C@@H]12.C=C(C)[C@@H]1CC[C@]2(c3nccn3C)CC[C@]3(C)[C@H](CC[C@@H]4[C@@]5(C)CC=C(c6ccc(C(=O)O)cc6)C(C)(C)[C@@H]5CC[C@]43C)[C@@H]12.C=C(C)[C@@H]1CC[C@]2(c3ncn(CCN4CCS(=O)(=O)CC4)n3)CC[C@]3(C)[C@H](CC[C@@H]4[C@@]5(C)CC=C(c6ccc(C(=O)O)cc6)C(C)(C)[C@@H]5CC[C@]43C)[C@@H]12. The third kappa shape index (κ3) is 14.5. The Hall–Kier alpha value is -7.89. The fourth-order valence-corrected chi connectivity index (χ4v) is 41.8. The second kappa shape index (κ2) is 34.4. The summed E-state index contributed by atoms with van der Waals surface area (Å²) in [7, 11) is -0.679. The van der Waals surface area contributed by atoms with E-state index in [1.165, 1.54) is 203 Å². The van der Waals surface area contributed by atoms with Gasteiger partial charge in [-0.05, 0) is 418 Å². The first-order chi connectivity index (χ1) is 65.9. The largest absolute Gasteiger partial charge is 0.478 e. The Bertz CT molecular complexity index is 6050. The number of carbonyl (C=O) groups is 3. The van der Waals surface area contributed by atoms with Crippen LogP contribution in [0.2, 0.25) is 0 Å². The lowest BCUT2D eigenvalue weighted by atomic mass is 9.32. The van der Waals surface area contributed by atoms with Gasteiger partial charge >= 0.3 is 17.9 Å². The van der Waals surface area contributed by atoms with Crippen LogP contribution in [-0.2, 0) is 34.3 Å². The summed E-state index contributed by atoms with van der Waals surface area (Å²) in [5.74, 6) is 10.7. The molecule has 4 heterocycles. The molecule has 0 amide bonds. The van der Waals surface area contributed by atoms with Crippen LogP contribution < -0.4 is 0 Å². The van der Waals surface area contributed by atoms with Crippen molar-refractivity contribution in [2.75, 3.05) is 37.7 Å². The Morgan fingerprint density at radius 1 is 0.414 bits per heavy atom. The lowest BCUT2D eigenvalue weighted by molar-refractivity contribution is -0.219. The Morgan fingerprint density at radius 3 is 1.13 bits per heavy atom. The molecule has 16 nitrogen and oxygen atoms in total. The standard InChI is InChI=1S/C44H62N4O4S.C40H54N2O2.C39H52N2O2/c1-29(2)32-14-19-44(39-45-28-48(46-39)23-22-47-24-26-53(51,52)27-25-47)21-20-42(6)34(37(32)44)12-13-36-41(5)17-15-33(30-8-10-31(11-9-30)38(49)50)40(3,4)35(41)16-18-43(36,42)7;1-25(2)28-15-20-40(35-41-23-24-42(35)8)22-21-38(6)30(33(28)40)13-14-32-37(5)18-16-29(26-9-11-27(12-10-26)34(43)44)36(3,4)31(37)17-19-39(32,38)7;1-24(2)27-14-19-39(34-40-22-23-41-34)21-20-37(6)29(32(27)39)12-13-31-36(5)17-15-28(25-8-10-26(11-9-25)33(42)43)35(3,4)30(36)16-18-38(31,37)7/h8-11,15,28,32,34-37H,1,12-14,16-27H2,2-7H3,(H,49,50);9-12,16,23-24,28,30-33H,1,13-15,17-22H2,2-8H3,(H,43,44);8-11,15,22,27,29-32H,1,12-14,16-21,23H2,2-7H3,(H,42,43)/t32-,34+,35-,36+,37+,41-,42+,43+,44-;28-,30+,31-,32+,33+,37-,38+,39+,40-;27-,29+,30-,31+,32+,36-,37+,38+,39-/m000/s1. The van der Waals surface area contributed by atoms with E-state index < -0.39 is 27.7 Å². The van der Waals surface area contributed by atoms with E-state index in [1.807, 2.05) is 59.8 Å². The molecule has 27 atom stereocenters. The number of rotatable bonds is 15. The predicted octanol–water partition coefficient (Wildman–Crippen LogP) is 27.5. The van der Waals surface area contributed by atoms with Crippen molar-refractivity contribution in [3.63, 3.8) is 0 Å². The van der Waals surface area contributed by atoms with E-state index in [1.54, 1.807) is 36.4 Å². The van der Waals surface area contributed by atoms with Gasteiger partial charge in [0.1, 0.15) is 18.0 Å². The monoisotopic (exact) mass is 1920 g/mol. The summed E-state index contributed by atoms with van der Waals surface area (Å²) in [6.45, 7) is 63.1. The Morgan fingerprint density at radius 2 is 0.771 bits per heavy atom. The van der Waals surface area contributed by atoms with Gasteiger partial charge in [-0.15, -0.1) is 0 Å². The van der Waals surface area contributed by atoms with E-state index in [4.69, 9.17) is 25.1 Å². The molecule has 17 aliphatic rings. The van der Waals surface area contributed by atoms with Crippen LogP contribution in [0.15, 0.2) is 156 Å². The maximum atomic E-state index is 12.0. The molecule has 2 aliphatic heterocycles. The number of hydrogen-bond donors (Lipinski definition) is 3. The highest BCUT2D eigenvalue weighted by Gasteiger charge is 2.76. The maximum Gasteiger partial charge on any atom is 0.335 e. The zero-order valence-corrected chi connectivity index (χ0v) is 89.5. The van der Waals surface area contributed by atoms with Crippen LogP contribution in [-0.4, -0.2) is 121 Å². The topological polar surface area (TPSA) is 223 Å². The van der Waals surface area contributed by atoms with Crippen molar-refractivity contribution in [3.8, 4) is 0 Å². The summed E-state index contributed by atoms with van der Waals surface area (Å²) in [4.78, 5) is 57.0. The molecule has 0 unspecified atom stereocenters. The molecule has 3 aromatic carbocycles. The van der Waals surface area contributed by atoms with Crippen LogP contribution in [0.4, 0.5) is 0 Å². The van der Waals surface area contributed by atoms with E-state index in [-0.39, 0.29) is 71.1 Å². The average molecular weight is 1920 g/mol. The first kappa shape index (κ1) is 99.5. The minimum absolute atomic E-state index is 0.00869. The number of imidazole rings is 1. The average Bonchev–Trinajstić information content (AvgIpc) is 1.23. The first-order valence-corrected chi connectivity index (χ1v) is 56.7. The number of benzene rings is 3. The molecule has 5 aromatic rings. The van der Waals surface area contributed by atoms with Crippen LogP contribution in [0.25, 0.3) is 16.7 Å². The Kier molecular flexibility index (Phi) is 24.4. The molecule has 2 aromatic heterocycles.